The zero-order valence-corrected chi connectivity index (χ0v) is 12.2. The van der Waals surface area contributed by atoms with Gasteiger partial charge in [0.1, 0.15) is 0 Å². The van der Waals surface area contributed by atoms with Crippen molar-refractivity contribution in [2.24, 2.45) is 0 Å². The molecular formula is C14H25N3O3. The van der Waals surface area contributed by atoms with E-state index in [2.05, 4.69) is 10.6 Å². The van der Waals surface area contributed by atoms with Crippen molar-refractivity contribution in [3.8, 4) is 0 Å². The smallest absolute Gasteiger partial charge is 0.321 e. The van der Waals surface area contributed by atoms with Crippen molar-refractivity contribution in [2.45, 2.75) is 51.2 Å². The molecule has 0 aromatic rings. The van der Waals surface area contributed by atoms with Crippen molar-refractivity contribution >= 4 is 11.9 Å². The van der Waals surface area contributed by atoms with Crippen LogP contribution in [0.3, 0.4) is 0 Å². The molecule has 0 unspecified atom stereocenters. The van der Waals surface area contributed by atoms with E-state index >= 15 is 0 Å². The molecule has 6 heteroatoms. The normalized spacial score (nSPS) is 25.1. The molecule has 0 aromatic carbocycles. The molecule has 6 nitrogen and oxygen atoms in total. The van der Waals surface area contributed by atoms with Gasteiger partial charge in [0.05, 0.1) is 19.3 Å². The van der Waals surface area contributed by atoms with E-state index in [1.54, 1.807) is 0 Å². The van der Waals surface area contributed by atoms with Crippen molar-refractivity contribution in [1.82, 2.24) is 15.5 Å². The van der Waals surface area contributed by atoms with E-state index in [0.29, 0.717) is 6.61 Å². The maximum Gasteiger partial charge on any atom is 0.321 e. The molecule has 1 atom stereocenters. The summed E-state index contributed by atoms with van der Waals surface area (Å²) in [6, 6.07) is -0.136. The summed E-state index contributed by atoms with van der Waals surface area (Å²) in [6.45, 7) is 4.36. The zero-order chi connectivity index (χ0) is 14.4. The van der Waals surface area contributed by atoms with Gasteiger partial charge in [0.15, 0.2) is 0 Å². The lowest BCUT2D eigenvalue weighted by Crippen LogP contribution is -2.50. The minimum absolute atomic E-state index is 0.146. The number of nitrogens with one attached hydrogen (secondary N) is 2. The Morgan fingerprint density at radius 2 is 2.00 bits per heavy atom. The molecule has 2 N–H and O–H groups in total. The van der Waals surface area contributed by atoms with E-state index in [0.717, 1.165) is 38.8 Å². The number of rotatable bonds is 3. The van der Waals surface area contributed by atoms with E-state index in [4.69, 9.17) is 4.74 Å². The number of hydrogen-bond acceptors (Lipinski definition) is 4. The quantitative estimate of drug-likeness (QED) is 0.806. The molecule has 0 spiro atoms. The van der Waals surface area contributed by atoms with Crippen molar-refractivity contribution in [3.63, 3.8) is 0 Å². The van der Waals surface area contributed by atoms with E-state index in [-0.39, 0.29) is 30.6 Å². The molecular weight excluding hydrogens is 258 g/mol. The van der Waals surface area contributed by atoms with Gasteiger partial charge in [-0.05, 0) is 19.8 Å². The Balaban J connectivity index is 1.66. The van der Waals surface area contributed by atoms with Crippen LogP contribution < -0.4 is 10.6 Å². The molecule has 3 amide bonds. The summed E-state index contributed by atoms with van der Waals surface area (Å²) in [6.07, 6.45) is 5.74. The van der Waals surface area contributed by atoms with Crippen LogP contribution in [-0.4, -0.2) is 55.2 Å². The lowest BCUT2D eigenvalue weighted by Gasteiger charge is -2.30. The van der Waals surface area contributed by atoms with Gasteiger partial charge in [-0.1, -0.05) is 19.3 Å². The summed E-state index contributed by atoms with van der Waals surface area (Å²) in [5.74, 6) is -0.243. The van der Waals surface area contributed by atoms with Gasteiger partial charge in [-0.3, -0.25) is 15.0 Å². The highest BCUT2D eigenvalue weighted by molar-refractivity contribution is 5.95. The fourth-order valence-electron chi connectivity index (χ4n) is 2.87. The third-order valence-corrected chi connectivity index (χ3v) is 3.89. The fourth-order valence-corrected chi connectivity index (χ4v) is 2.87. The SMILES string of the molecule is C[C@H]1CN(CC(=O)NC(=O)NC2CCCCC2)CCO1. The maximum atomic E-state index is 11.8. The zero-order valence-electron chi connectivity index (χ0n) is 12.2. The van der Waals surface area contributed by atoms with Gasteiger partial charge in [0, 0.05) is 19.1 Å². The summed E-state index contributed by atoms with van der Waals surface area (Å²) < 4.78 is 5.42. The second kappa shape index (κ2) is 7.59. The molecule has 20 heavy (non-hydrogen) atoms. The first-order valence-corrected chi connectivity index (χ1v) is 7.58. The van der Waals surface area contributed by atoms with Gasteiger partial charge in [-0.2, -0.15) is 0 Å². The standard InChI is InChI=1S/C14H25N3O3/c1-11-9-17(7-8-20-11)10-13(18)16-14(19)15-12-5-3-2-4-6-12/h11-12H,2-10H2,1H3,(H2,15,16,18,19)/t11-/m0/s1. The number of nitrogens with zero attached hydrogens (tertiary/aromatic N) is 1. The molecule has 1 saturated heterocycles. The third-order valence-electron chi connectivity index (χ3n) is 3.89. The highest BCUT2D eigenvalue weighted by Gasteiger charge is 2.21. The van der Waals surface area contributed by atoms with Crippen LogP contribution in [0.4, 0.5) is 4.79 Å². The first-order valence-electron chi connectivity index (χ1n) is 7.58. The number of carbonyl (C=O) groups is 2. The lowest BCUT2D eigenvalue weighted by molar-refractivity contribution is -0.123. The second-order valence-electron chi connectivity index (χ2n) is 5.77. The Kier molecular flexibility index (Phi) is 5.79. The summed E-state index contributed by atoms with van der Waals surface area (Å²) in [5, 5.41) is 5.30. The number of morpholine rings is 1. The Morgan fingerprint density at radius 3 is 2.70 bits per heavy atom. The molecule has 2 rings (SSSR count). The molecule has 0 aromatic heterocycles. The van der Waals surface area contributed by atoms with Gasteiger partial charge in [-0.25, -0.2) is 4.79 Å². The van der Waals surface area contributed by atoms with Crippen LogP contribution in [0.1, 0.15) is 39.0 Å². The highest BCUT2D eigenvalue weighted by atomic mass is 16.5. The maximum absolute atomic E-state index is 11.8. The molecule has 1 heterocycles. The largest absolute Gasteiger partial charge is 0.376 e. The van der Waals surface area contributed by atoms with Gasteiger partial charge in [0.25, 0.3) is 0 Å². The molecule has 1 aliphatic carbocycles. The summed E-state index contributed by atoms with van der Waals surface area (Å²) in [7, 11) is 0. The van der Waals surface area contributed by atoms with Gasteiger partial charge >= 0.3 is 6.03 Å². The van der Waals surface area contributed by atoms with Crippen molar-refractivity contribution in [2.75, 3.05) is 26.2 Å². The molecule has 1 aliphatic heterocycles. The predicted octanol–water partition coefficient (Wildman–Crippen LogP) is 0.866. The van der Waals surface area contributed by atoms with Crippen LogP contribution in [0.15, 0.2) is 0 Å². The second-order valence-corrected chi connectivity index (χ2v) is 5.77. The van der Waals surface area contributed by atoms with Crippen LogP contribution in [0.2, 0.25) is 0 Å². The fraction of sp³-hybridized carbons (Fsp3) is 0.857. The van der Waals surface area contributed by atoms with Crippen molar-refractivity contribution in [3.05, 3.63) is 0 Å². The summed E-state index contributed by atoms with van der Waals surface area (Å²) in [4.78, 5) is 25.6. The molecule has 2 fully saturated rings. The van der Waals surface area contributed by atoms with Crippen LogP contribution in [0.5, 0.6) is 0 Å². The Morgan fingerprint density at radius 1 is 1.25 bits per heavy atom. The van der Waals surface area contributed by atoms with Crippen molar-refractivity contribution < 1.29 is 14.3 Å². The van der Waals surface area contributed by atoms with Crippen LogP contribution in [-0.2, 0) is 9.53 Å². The van der Waals surface area contributed by atoms with Gasteiger partial charge in [-0.15, -0.1) is 0 Å². The van der Waals surface area contributed by atoms with Crippen LogP contribution in [0, 0.1) is 0 Å². The Hall–Kier alpha value is -1.14. The van der Waals surface area contributed by atoms with E-state index < -0.39 is 0 Å². The minimum Gasteiger partial charge on any atom is -0.376 e. The Labute approximate surface area is 120 Å². The van der Waals surface area contributed by atoms with Gasteiger partial charge < -0.3 is 10.1 Å². The monoisotopic (exact) mass is 283 g/mol. The lowest BCUT2D eigenvalue weighted by atomic mass is 9.96. The third kappa shape index (κ3) is 5.09. The summed E-state index contributed by atoms with van der Waals surface area (Å²) >= 11 is 0. The number of hydrogen-bond donors (Lipinski definition) is 2. The van der Waals surface area contributed by atoms with Crippen molar-refractivity contribution in [1.29, 1.82) is 0 Å². The number of amides is 3. The van der Waals surface area contributed by atoms with Crippen LogP contribution in [0.25, 0.3) is 0 Å². The number of ether oxygens (including phenoxy) is 1. The number of urea groups is 1. The Bertz CT molecular complexity index is 343. The van der Waals surface area contributed by atoms with E-state index in [1.807, 2.05) is 11.8 Å². The predicted molar refractivity (Wildman–Crippen MR) is 75.4 cm³/mol. The van der Waals surface area contributed by atoms with E-state index in [1.165, 1.54) is 6.42 Å². The summed E-state index contributed by atoms with van der Waals surface area (Å²) in [5.41, 5.74) is 0. The first kappa shape index (κ1) is 15.3. The molecule has 0 radical (unpaired) electrons. The molecule has 1 saturated carbocycles. The molecule has 114 valence electrons. The molecule has 0 bridgehead atoms. The highest BCUT2D eigenvalue weighted by Crippen LogP contribution is 2.17. The number of carbonyl (C=O) groups excluding carboxylic acids is 2. The van der Waals surface area contributed by atoms with Crippen LogP contribution >= 0.6 is 0 Å². The average Bonchev–Trinajstić information content (AvgIpc) is 2.39. The van der Waals surface area contributed by atoms with E-state index in [9.17, 15) is 9.59 Å². The average molecular weight is 283 g/mol. The minimum atomic E-state index is -0.358. The van der Waals surface area contributed by atoms with Gasteiger partial charge in [0.2, 0.25) is 5.91 Å². The first-order chi connectivity index (χ1) is 9.63. The molecule has 2 aliphatic rings. The number of imide groups is 1. The topological polar surface area (TPSA) is 70.7 Å².